The van der Waals surface area contributed by atoms with E-state index in [1.165, 1.54) is 7.11 Å². The molecule has 2 unspecified atom stereocenters. The molecule has 1 rings (SSSR count). The van der Waals surface area contributed by atoms with Gasteiger partial charge in [-0.3, -0.25) is 10.1 Å². The second-order valence-electron chi connectivity index (χ2n) is 4.26. The van der Waals surface area contributed by atoms with E-state index in [9.17, 15) is 4.79 Å². The Balaban J connectivity index is 2.57. The van der Waals surface area contributed by atoms with Crippen molar-refractivity contribution in [2.45, 2.75) is 39.8 Å². The standard InChI is InChI=1S/C12H21N3O2/c1-5-8(2)11(12(16)17-4)14-7-10-6-13-9(3)15-10/h6,8,11,14H,5,7H2,1-4H3,(H,13,15). The van der Waals surface area contributed by atoms with Crippen molar-refractivity contribution in [2.75, 3.05) is 7.11 Å². The maximum atomic E-state index is 11.6. The highest BCUT2D eigenvalue weighted by atomic mass is 16.5. The fourth-order valence-electron chi connectivity index (χ4n) is 1.66. The van der Waals surface area contributed by atoms with Crippen molar-refractivity contribution in [3.63, 3.8) is 0 Å². The molecule has 0 amide bonds. The summed E-state index contributed by atoms with van der Waals surface area (Å²) in [6, 6.07) is -0.270. The zero-order chi connectivity index (χ0) is 12.8. The minimum Gasteiger partial charge on any atom is -0.468 e. The Kier molecular flexibility index (Phi) is 5.15. The van der Waals surface area contributed by atoms with Gasteiger partial charge in [0.2, 0.25) is 0 Å². The number of hydrogen-bond acceptors (Lipinski definition) is 4. The largest absolute Gasteiger partial charge is 0.468 e. The number of carbonyl (C=O) groups excluding carboxylic acids is 1. The van der Waals surface area contributed by atoms with Gasteiger partial charge >= 0.3 is 5.97 Å². The number of hydrogen-bond donors (Lipinski definition) is 2. The average Bonchev–Trinajstić information content (AvgIpc) is 2.74. The molecular formula is C12H21N3O2. The van der Waals surface area contributed by atoms with Crippen molar-refractivity contribution in [1.29, 1.82) is 0 Å². The summed E-state index contributed by atoms with van der Waals surface area (Å²) in [6.45, 7) is 6.58. The van der Waals surface area contributed by atoms with Crippen LogP contribution < -0.4 is 5.32 Å². The van der Waals surface area contributed by atoms with Crippen LogP contribution in [0.5, 0.6) is 0 Å². The number of carbonyl (C=O) groups is 1. The molecule has 2 atom stereocenters. The van der Waals surface area contributed by atoms with E-state index in [0.717, 1.165) is 17.9 Å². The fraction of sp³-hybridized carbons (Fsp3) is 0.667. The number of aryl methyl sites for hydroxylation is 1. The van der Waals surface area contributed by atoms with Crippen LogP contribution in [0, 0.1) is 12.8 Å². The number of H-pyrrole nitrogens is 1. The van der Waals surface area contributed by atoms with E-state index in [-0.39, 0.29) is 17.9 Å². The van der Waals surface area contributed by atoms with Crippen LogP contribution in [-0.4, -0.2) is 29.1 Å². The van der Waals surface area contributed by atoms with E-state index >= 15 is 0 Å². The van der Waals surface area contributed by atoms with Gasteiger partial charge in [0.1, 0.15) is 11.9 Å². The van der Waals surface area contributed by atoms with E-state index in [1.807, 2.05) is 13.8 Å². The quantitative estimate of drug-likeness (QED) is 0.736. The lowest BCUT2D eigenvalue weighted by Gasteiger charge is -2.21. The Bertz CT molecular complexity index is 362. The number of nitrogens with zero attached hydrogens (tertiary/aromatic N) is 1. The number of aromatic amines is 1. The minimum absolute atomic E-state index is 0.212. The van der Waals surface area contributed by atoms with Crippen molar-refractivity contribution in [3.8, 4) is 0 Å². The second kappa shape index (κ2) is 6.39. The molecule has 0 saturated carbocycles. The molecule has 5 nitrogen and oxygen atoms in total. The number of aromatic nitrogens is 2. The topological polar surface area (TPSA) is 67.0 Å². The lowest BCUT2D eigenvalue weighted by molar-refractivity contribution is -0.144. The van der Waals surface area contributed by atoms with Crippen LogP contribution in [0.15, 0.2) is 6.20 Å². The molecule has 0 aliphatic carbocycles. The van der Waals surface area contributed by atoms with Crippen molar-refractivity contribution < 1.29 is 9.53 Å². The molecule has 1 aromatic rings. The maximum absolute atomic E-state index is 11.6. The number of rotatable bonds is 6. The summed E-state index contributed by atoms with van der Waals surface area (Å²) in [6.07, 6.45) is 2.70. The molecule has 0 radical (unpaired) electrons. The van der Waals surface area contributed by atoms with Gasteiger partial charge in [0.25, 0.3) is 0 Å². The van der Waals surface area contributed by atoms with Gasteiger partial charge in [0, 0.05) is 18.4 Å². The summed E-state index contributed by atoms with van der Waals surface area (Å²) in [5.74, 6) is 0.905. The van der Waals surface area contributed by atoms with Crippen LogP contribution in [0.1, 0.15) is 31.8 Å². The van der Waals surface area contributed by atoms with Gasteiger partial charge in [-0.2, -0.15) is 0 Å². The Labute approximate surface area is 102 Å². The second-order valence-corrected chi connectivity index (χ2v) is 4.26. The van der Waals surface area contributed by atoms with Gasteiger partial charge in [-0.25, -0.2) is 4.98 Å². The van der Waals surface area contributed by atoms with Crippen LogP contribution in [0.3, 0.4) is 0 Å². The normalized spacial score (nSPS) is 14.4. The molecular weight excluding hydrogens is 218 g/mol. The van der Waals surface area contributed by atoms with Crippen LogP contribution in [0.2, 0.25) is 0 Å². The molecule has 96 valence electrons. The predicted octanol–water partition coefficient (Wildman–Crippen LogP) is 1.40. The number of methoxy groups -OCH3 is 1. The first-order valence-electron chi connectivity index (χ1n) is 5.90. The molecule has 0 spiro atoms. The van der Waals surface area contributed by atoms with E-state index < -0.39 is 0 Å². The van der Waals surface area contributed by atoms with Gasteiger partial charge in [-0.05, 0) is 12.8 Å². The molecule has 17 heavy (non-hydrogen) atoms. The smallest absolute Gasteiger partial charge is 0.323 e. The first-order chi connectivity index (χ1) is 8.08. The van der Waals surface area contributed by atoms with Crippen molar-refractivity contribution >= 4 is 5.97 Å². The van der Waals surface area contributed by atoms with Crippen molar-refractivity contribution in [3.05, 3.63) is 17.7 Å². The highest BCUT2D eigenvalue weighted by molar-refractivity contribution is 5.75. The molecule has 0 aliphatic heterocycles. The molecule has 0 fully saturated rings. The van der Waals surface area contributed by atoms with Crippen LogP contribution in [0.4, 0.5) is 0 Å². The molecule has 0 aromatic carbocycles. The Morgan fingerprint density at radius 3 is 2.82 bits per heavy atom. The van der Waals surface area contributed by atoms with E-state index in [2.05, 4.69) is 22.2 Å². The van der Waals surface area contributed by atoms with Crippen molar-refractivity contribution in [1.82, 2.24) is 15.3 Å². The number of ether oxygens (including phenoxy) is 1. The summed E-state index contributed by atoms with van der Waals surface area (Å²) in [5, 5.41) is 3.20. The summed E-state index contributed by atoms with van der Waals surface area (Å²) < 4.78 is 4.80. The van der Waals surface area contributed by atoms with Gasteiger partial charge in [-0.15, -0.1) is 0 Å². The van der Waals surface area contributed by atoms with Crippen LogP contribution in [0.25, 0.3) is 0 Å². The summed E-state index contributed by atoms with van der Waals surface area (Å²) in [5.41, 5.74) is 0.972. The van der Waals surface area contributed by atoms with E-state index in [0.29, 0.717) is 6.54 Å². The van der Waals surface area contributed by atoms with Crippen LogP contribution >= 0.6 is 0 Å². The molecule has 0 saturated heterocycles. The molecule has 2 N–H and O–H groups in total. The zero-order valence-corrected chi connectivity index (χ0v) is 10.9. The molecule has 0 aliphatic rings. The fourth-order valence-corrected chi connectivity index (χ4v) is 1.66. The third-order valence-corrected chi connectivity index (χ3v) is 2.94. The lowest BCUT2D eigenvalue weighted by Crippen LogP contribution is -2.42. The molecule has 5 heteroatoms. The van der Waals surface area contributed by atoms with Crippen molar-refractivity contribution in [2.24, 2.45) is 5.92 Å². The SMILES string of the molecule is CCC(C)C(NCc1cnc(C)[nH]1)C(=O)OC. The average molecular weight is 239 g/mol. The van der Waals surface area contributed by atoms with E-state index in [4.69, 9.17) is 4.74 Å². The third kappa shape index (κ3) is 3.85. The molecule has 0 bridgehead atoms. The first-order valence-corrected chi connectivity index (χ1v) is 5.90. The highest BCUT2D eigenvalue weighted by Gasteiger charge is 2.24. The Morgan fingerprint density at radius 1 is 1.65 bits per heavy atom. The Morgan fingerprint density at radius 2 is 2.35 bits per heavy atom. The minimum atomic E-state index is -0.270. The number of nitrogens with one attached hydrogen (secondary N) is 2. The monoisotopic (exact) mass is 239 g/mol. The van der Waals surface area contributed by atoms with Gasteiger partial charge in [0.15, 0.2) is 0 Å². The number of imidazole rings is 1. The third-order valence-electron chi connectivity index (χ3n) is 2.94. The molecule has 1 heterocycles. The maximum Gasteiger partial charge on any atom is 0.323 e. The molecule has 1 aromatic heterocycles. The van der Waals surface area contributed by atoms with Gasteiger partial charge in [0.05, 0.1) is 7.11 Å². The number of esters is 1. The predicted molar refractivity (Wildman–Crippen MR) is 65.4 cm³/mol. The van der Waals surface area contributed by atoms with Crippen LogP contribution in [-0.2, 0) is 16.1 Å². The van der Waals surface area contributed by atoms with E-state index in [1.54, 1.807) is 6.20 Å². The lowest BCUT2D eigenvalue weighted by atomic mass is 9.99. The highest BCUT2D eigenvalue weighted by Crippen LogP contribution is 2.10. The van der Waals surface area contributed by atoms with Gasteiger partial charge in [-0.1, -0.05) is 20.3 Å². The first kappa shape index (κ1) is 13.7. The Hall–Kier alpha value is -1.36. The van der Waals surface area contributed by atoms with Gasteiger partial charge < -0.3 is 9.72 Å². The summed E-state index contributed by atoms with van der Waals surface area (Å²) in [4.78, 5) is 18.9. The zero-order valence-electron chi connectivity index (χ0n) is 10.9. The summed E-state index contributed by atoms with van der Waals surface area (Å²) >= 11 is 0. The summed E-state index contributed by atoms with van der Waals surface area (Å²) in [7, 11) is 1.42.